The quantitative estimate of drug-likeness (QED) is 0.753. The zero-order chi connectivity index (χ0) is 21.1. The van der Waals surface area contributed by atoms with Crippen LogP contribution < -0.4 is 15.4 Å². The van der Waals surface area contributed by atoms with Gasteiger partial charge in [0.2, 0.25) is 0 Å². The second-order valence-corrected chi connectivity index (χ2v) is 6.82. The van der Waals surface area contributed by atoms with E-state index in [9.17, 15) is 14.0 Å². The van der Waals surface area contributed by atoms with Crippen molar-refractivity contribution < 1.29 is 18.7 Å². The molecule has 3 rings (SSSR count). The lowest BCUT2D eigenvalue weighted by Crippen LogP contribution is -2.48. The molecular formula is C21H21ClFN3O3. The van der Waals surface area contributed by atoms with E-state index in [1.165, 1.54) is 30.2 Å². The van der Waals surface area contributed by atoms with Crippen LogP contribution in [0.5, 0.6) is 5.75 Å². The molecule has 0 saturated carbocycles. The molecule has 0 aromatic heterocycles. The lowest BCUT2D eigenvalue weighted by Gasteiger charge is -2.35. The maximum atomic E-state index is 14.6. The molecule has 0 saturated heterocycles. The van der Waals surface area contributed by atoms with E-state index in [2.05, 4.69) is 10.6 Å². The predicted octanol–water partition coefficient (Wildman–Crippen LogP) is 4.49. The zero-order valence-electron chi connectivity index (χ0n) is 16.3. The van der Waals surface area contributed by atoms with Gasteiger partial charge in [0.25, 0.3) is 5.91 Å². The number of anilines is 1. The van der Waals surface area contributed by atoms with Crippen molar-refractivity contribution >= 4 is 29.2 Å². The van der Waals surface area contributed by atoms with E-state index in [0.29, 0.717) is 23.7 Å². The molecule has 1 heterocycles. The van der Waals surface area contributed by atoms with E-state index in [4.69, 9.17) is 16.3 Å². The molecule has 0 radical (unpaired) electrons. The van der Waals surface area contributed by atoms with Gasteiger partial charge in [-0.3, -0.25) is 9.69 Å². The van der Waals surface area contributed by atoms with Crippen LogP contribution in [0, 0.1) is 5.82 Å². The van der Waals surface area contributed by atoms with Gasteiger partial charge in [-0.15, -0.1) is 0 Å². The predicted molar refractivity (Wildman–Crippen MR) is 109 cm³/mol. The highest BCUT2D eigenvalue weighted by Gasteiger charge is 2.37. The lowest BCUT2D eigenvalue weighted by molar-refractivity contribution is -0.113. The van der Waals surface area contributed by atoms with Crippen molar-refractivity contribution in [2.45, 2.75) is 19.9 Å². The normalized spacial score (nSPS) is 16.5. The number of halogens is 2. The SMILES string of the molecule is CCN1C(=O)N[C@@H](c2c(F)cccc2Cl)C(C(=O)Nc2ccccc2OC)=C1C. The fraction of sp³-hybridized carbons (Fsp3) is 0.238. The third kappa shape index (κ3) is 3.91. The third-order valence-electron chi connectivity index (χ3n) is 4.80. The molecule has 2 aromatic rings. The van der Waals surface area contributed by atoms with Crippen molar-refractivity contribution in [1.82, 2.24) is 10.2 Å². The van der Waals surface area contributed by atoms with Gasteiger partial charge in [-0.1, -0.05) is 29.8 Å². The Morgan fingerprint density at radius 1 is 1.28 bits per heavy atom. The monoisotopic (exact) mass is 417 g/mol. The minimum Gasteiger partial charge on any atom is -0.495 e. The number of hydrogen-bond donors (Lipinski definition) is 2. The van der Waals surface area contributed by atoms with E-state index in [0.717, 1.165) is 0 Å². The van der Waals surface area contributed by atoms with Gasteiger partial charge in [-0.05, 0) is 38.1 Å². The van der Waals surface area contributed by atoms with E-state index in [1.807, 2.05) is 0 Å². The van der Waals surface area contributed by atoms with Crippen molar-refractivity contribution in [2.24, 2.45) is 0 Å². The van der Waals surface area contributed by atoms with Crippen LogP contribution in [0.2, 0.25) is 5.02 Å². The molecule has 2 N–H and O–H groups in total. The van der Waals surface area contributed by atoms with Crippen LogP contribution in [0.15, 0.2) is 53.7 Å². The number of rotatable bonds is 5. The summed E-state index contributed by atoms with van der Waals surface area (Å²) in [5.74, 6) is -0.621. The summed E-state index contributed by atoms with van der Waals surface area (Å²) in [5, 5.41) is 5.62. The molecule has 1 atom stereocenters. The molecule has 2 aromatic carbocycles. The van der Waals surface area contributed by atoms with Crippen LogP contribution in [-0.2, 0) is 4.79 Å². The Morgan fingerprint density at radius 3 is 2.66 bits per heavy atom. The minimum atomic E-state index is -1.03. The first kappa shape index (κ1) is 20.7. The molecule has 0 fully saturated rings. The molecule has 0 aliphatic carbocycles. The molecule has 1 aliphatic rings. The van der Waals surface area contributed by atoms with Crippen LogP contribution in [0.1, 0.15) is 25.5 Å². The number of carbonyl (C=O) groups is 2. The van der Waals surface area contributed by atoms with Crippen LogP contribution >= 0.6 is 11.6 Å². The molecule has 29 heavy (non-hydrogen) atoms. The molecule has 3 amide bonds. The number of hydrogen-bond acceptors (Lipinski definition) is 3. The highest BCUT2D eigenvalue weighted by Crippen LogP contribution is 2.36. The molecule has 0 spiro atoms. The minimum absolute atomic E-state index is 0.0443. The Morgan fingerprint density at radius 2 is 2.00 bits per heavy atom. The summed E-state index contributed by atoms with van der Waals surface area (Å²) in [6, 6.07) is 9.70. The fourth-order valence-electron chi connectivity index (χ4n) is 3.40. The Balaban J connectivity index is 2.10. The number of amides is 3. The first-order chi connectivity index (χ1) is 13.9. The van der Waals surface area contributed by atoms with Crippen molar-refractivity contribution in [3.05, 3.63) is 70.1 Å². The van der Waals surface area contributed by atoms with E-state index in [-0.39, 0.29) is 16.2 Å². The Hall–Kier alpha value is -3.06. The smallest absolute Gasteiger partial charge is 0.322 e. The molecule has 0 unspecified atom stereocenters. The van der Waals surface area contributed by atoms with Gasteiger partial charge in [-0.25, -0.2) is 9.18 Å². The van der Waals surface area contributed by atoms with Crippen LogP contribution in [-0.4, -0.2) is 30.5 Å². The van der Waals surface area contributed by atoms with Crippen LogP contribution in [0.4, 0.5) is 14.9 Å². The summed E-state index contributed by atoms with van der Waals surface area (Å²) in [4.78, 5) is 27.2. The Labute approximate surface area is 173 Å². The van der Waals surface area contributed by atoms with Crippen molar-refractivity contribution in [2.75, 3.05) is 19.0 Å². The second-order valence-electron chi connectivity index (χ2n) is 6.42. The van der Waals surface area contributed by atoms with Crippen LogP contribution in [0.3, 0.4) is 0 Å². The zero-order valence-corrected chi connectivity index (χ0v) is 17.0. The number of benzene rings is 2. The number of allylic oxidation sites excluding steroid dienone is 1. The van der Waals surface area contributed by atoms with Crippen molar-refractivity contribution in [3.8, 4) is 5.75 Å². The summed E-state index contributed by atoms with van der Waals surface area (Å²) < 4.78 is 19.9. The molecular weight excluding hydrogens is 397 g/mol. The Bertz CT molecular complexity index is 973. The van der Waals surface area contributed by atoms with Crippen molar-refractivity contribution in [1.29, 1.82) is 0 Å². The van der Waals surface area contributed by atoms with E-state index in [1.54, 1.807) is 38.1 Å². The standard InChI is InChI=1S/C21H21ClFN3O3/c1-4-26-12(2)17(20(27)24-15-10-5-6-11-16(15)29-3)19(25-21(26)28)18-13(22)8-7-9-14(18)23/h5-11,19H,4H2,1-3H3,(H,24,27)(H,25,28)/t19-/m1/s1. The van der Waals surface area contributed by atoms with Crippen LogP contribution in [0.25, 0.3) is 0 Å². The van der Waals surface area contributed by atoms with Gasteiger partial charge in [-0.2, -0.15) is 0 Å². The number of nitrogens with zero attached hydrogens (tertiary/aromatic N) is 1. The van der Waals surface area contributed by atoms with Gasteiger partial charge in [0.1, 0.15) is 11.6 Å². The van der Waals surface area contributed by atoms with Gasteiger partial charge in [0.15, 0.2) is 0 Å². The average Bonchev–Trinajstić information content (AvgIpc) is 2.68. The fourth-order valence-corrected chi connectivity index (χ4v) is 3.67. The number of nitrogens with one attached hydrogen (secondary N) is 2. The summed E-state index contributed by atoms with van der Waals surface area (Å²) in [6.07, 6.45) is 0. The number of para-hydroxylation sites is 2. The first-order valence-electron chi connectivity index (χ1n) is 9.06. The highest BCUT2D eigenvalue weighted by atomic mass is 35.5. The molecule has 8 heteroatoms. The van der Waals surface area contributed by atoms with Gasteiger partial charge >= 0.3 is 6.03 Å². The average molecular weight is 418 g/mol. The topological polar surface area (TPSA) is 70.7 Å². The number of methoxy groups -OCH3 is 1. The lowest BCUT2D eigenvalue weighted by atomic mass is 9.93. The molecule has 152 valence electrons. The summed E-state index contributed by atoms with van der Waals surface area (Å²) in [6.45, 7) is 3.79. The number of ether oxygens (including phenoxy) is 1. The molecule has 6 nitrogen and oxygen atoms in total. The third-order valence-corrected chi connectivity index (χ3v) is 5.13. The number of urea groups is 1. The summed E-state index contributed by atoms with van der Waals surface area (Å²) in [7, 11) is 1.50. The Kier molecular flexibility index (Phi) is 6.08. The second kappa shape index (κ2) is 8.53. The number of carbonyl (C=O) groups excluding carboxylic acids is 2. The maximum Gasteiger partial charge on any atom is 0.322 e. The maximum absolute atomic E-state index is 14.6. The van der Waals surface area contributed by atoms with Gasteiger partial charge in [0.05, 0.1) is 24.4 Å². The molecule has 0 bridgehead atoms. The van der Waals surface area contributed by atoms with Gasteiger partial charge < -0.3 is 15.4 Å². The largest absolute Gasteiger partial charge is 0.495 e. The first-order valence-corrected chi connectivity index (χ1v) is 9.43. The van der Waals surface area contributed by atoms with E-state index >= 15 is 0 Å². The summed E-state index contributed by atoms with van der Waals surface area (Å²) >= 11 is 6.23. The van der Waals surface area contributed by atoms with Crippen molar-refractivity contribution in [3.63, 3.8) is 0 Å². The summed E-state index contributed by atoms with van der Waals surface area (Å²) in [5.41, 5.74) is 1.12. The van der Waals surface area contributed by atoms with E-state index < -0.39 is 23.8 Å². The highest BCUT2D eigenvalue weighted by molar-refractivity contribution is 6.31. The molecule has 1 aliphatic heterocycles. The van der Waals surface area contributed by atoms with Gasteiger partial charge in [0, 0.05) is 22.8 Å².